The van der Waals surface area contributed by atoms with Gasteiger partial charge in [0.25, 0.3) is 5.56 Å². The lowest BCUT2D eigenvalue weighted by atomic mass is 9.85. The van der Waals surface area contributed by atoms with Crippen LogP contribution in [0.1, 0.15) is 25.0 Å². The van der Waals surface area contributed by atoms with Crippen molar-refractivity contribution in [1.82, 2.24) is 19.7 Å². The van der Waals surface area contributed by atoms with Crippen molar-refractivity contribution >= 4 is 21.6 Å². The molecule has 0 spiro atoms. The van der Waals surface area contributed by atoms with E-state index in [1.807, 2.05) is 0 Å². The summed E-state index contributed by atoms with van der Waals surface area (Å²) in [5, 5.41) is 7.42. The lowest BCUT2D eigenvalue weighted by Gasteiger charge is -2.25. The topological polar surface area (TPSA) is 75.6 Å². The summed E-state index contributed by atoms with van der Waals surface area (Å²) in [7, 11) is 0. The number of aromatic nitrogens is 4. The zero-order valence-corrected chi connectivity index (χ0v) is 13.3. The number of nitrogens with zero attached hydrogens (tertiary/aromatic N) is 3. The Balaban J connectivity index is 1.67. The fraction of sp³-hybridized carbons (Fsp3) is 0.500. The molecule has 1 aliphatic carbocycles. The van der Waals surface area contributed by atoms with E-state index in [2.05, 4.69) is 36.3 Å². The van der Waals surface area contributed by atoms with Gasteiger partial charge in [0.2, 0.25) is 0 Å². The van der Waals surface area contributed by atoms with Crippen molar-refractivity contribution in [3.8, 4) is 0 Å². The fourth-order valence-electron chi connectivity index (χ4n) is 2.42. The summed E-state index contributed by atoms with van der Waals surface area (Å²) in [6.45, 7) is 1.39. The summed E-state index contributed by atoms with van der Waals surface area (Å²) in [5.74, 6) is 0.606. The van der Waals surface area contributed by atoms with Crippen molar-refractivity contribution in [2.75, 3.05) is 11.9 Å². The van der Waals surface area contributed by atoms with E-state index in [4.69, 9.17) is 0 Å². The third-order valence-electron chi connectivity index (χ3n) is 3.90. The maximum atomic E-state index is 12.4. The molecule has 2 aromatic heterocycles. The molecule has 0 aromatic carbocycles. The van der Waals surface area contributed by atoms with Gasteiger partial charge in [-0.15, -0.1) is 0 Å². The molecule has 0 atom stereocenters. The van der Waals surface area contributed by atoms with E-state index in [1.165, 1.54) is 19.3 Å². The molecule has 6 nitrogen and oxygen atoms in total. The van der Waals surface area contributed by atoms with Crippen LogP contribution < -0.4 is 10.9 Å². The predicted molar refractivity (Wildman–Crippen MR) is 84.3 cm³/mol. The Morgan fingerprint density at radius 3 is 2.95 bits per heavy atom. The van der Waals surface area contributed by atoms with E-state index in [0.717, 1.165) is 18.7 Å². The molecule has 2 N–H and O–H groups in total. The van der Waals surface area contributed by atoms with Gasteiger partial charge in [0.15, 0.2) is 0 Å². The minimum Gasteiger partial charge on any atom is -0.379 e. The summed E-state index contributed by atoms with van der Waals surface area (Å²) in [6.07, 6.45) is 9.60. The van der Waals surface area contributed by atoms with Crippen molar-refractivity contribution < 1.29 is 0 Å². The minimum atomic E-state index is -0.0547. The molecule has 0 bridgehead atoms. The van der Waals surface area contributed by atoms with Gasteiger partial charge in [-0.3, -0.25) is 4.79 Å². The van der Waals surface area contributed by atoms with E-state index in [1.54, 1.807) is 23.4 Å². The van der Waals surface area contributed by atoms with Crippen LogP contribution in [0.25, 0.3) is 0 Å². The Hall–Kier alpha value is -1.63. The van der Waals surface area contributed by atoms with Crippen molar-refractivity contribution in [1.29, 1.82) is 0 Å². The first kappa shape index (κ1) is 14.3. The van der Waals surface area contributed by atoms with Gasteiger partial charge in [0, 0.05) is 31.4 Å². The first-order valence-electron chi connectivity index (χ1n) is 7.21. The van der Waals surface area contributed by atoms with Crippen molar-refractivity contribution in [3.63, 3.8) is 0 Å². The highest BCUT2D eigenvalue weighted by Crippen LogP contribution is 2.27. The van der Waals surface area contributed by atoms with Gasteiger partial charge in [-0.1, -0.05) is 6.42 Å². The second-order valence-corrected chi connectivity index (χ2v) is 6.26. The third-order valence-corrected chi connectivity index (χ3v) is 4.51. The summed E-state index contributed by atoms with van der Waals surface area (Å²) in [5.41, 5.74) is 1.58. The number of rotatable bonds is 6. The summed E-state index contributed by atoms with van der Waals surface area (Å²) >= 11 is 3.40. The van der Waals surface area contributed by atoms with E-state index < -0.39 is 0 Å². The van der Waals surface area contributed by atoms with Gasteiger partial charge < -0.3 is 10.3 Å². The van der Waals surface area contributed by atoms with Crippen molar-refractivity contribution in [2.45, 2.75) is 32.2 Å². The van der Waals surface area contributed by atoms with Crippen molar-refractivity contribution in [3.05, 3.63) is 39.2 Å². The van der Waals surface area contributed by atoms with Crippen molar-refractivity contribution in [2.24, 2.45) is 5.92 Å². The second kappa shape index (κ2) is 6.43. The zero-order chi connectivity index (χ0) is 14.7. The molecule has 1 aliphatic rings. The van der Waals surface area contributed by atoms with Gasteiger partial charge in [-0.25, -0.2) is 9.67 Å². The molecular weight excluding hydrogens is 334 g/mol. The van der Waals surface area contributed by atoms with Crippen LogP contribution in [0.2, 0.25) is 0 Å². The maximum Gasteiger partial charge on any atom is 0.291 e. The number of aromatic amines is 1. The molecular formula is C14H18BrN5O. The lowest BCUT2D eigenvalue weighted by Crippen LogP contribution is -2.31. The highest BCUT2D eigenvalue weighted by Gasteiger charge is 2.20. The van der Waals surface area contributed by atoms with Crippen LogP contribution in [0, 0.1) is 5.92 Å². The average Bonchev–Trinajstić information content (AvgIpc) is 2.93. The third kappa shape index (κ3) is 3.34. The molecule has 1 fully saturated rings. The smallest absolute Gasteiger partial charge is 0.291 e. The van der Waals surface area contributed by atoms with E-state index in [0.29, 0.717) is 22.6 Å². The van der Waals surface area contributed by atoms with Crippen LogP contribution >= 0.6 is 15.9 Å². The van der Waals surface area contributed by atoms with Crippen LogP contribution in [-0.4, -0.2) is 26.3 Å². The summed E-state index contributed by atoms with van der Waals surface area (Å²) < 4.78 is 2.29. The average molecular weight is 352 g/mol. The van der Waals surface area contributed by atoms with E-state index >= 15 is 0 Å². The van der Waals surface area contributed by atoms with Crippen LogP contribution in [0.3, 0.4) is 0 Å². The number of nitrogens with one attached hydrogen (secondary N) is 2. The Labute approximate surface area is 131 Å². The first-order valence-corrected chi connectivity index (χ1v) is 8.00. The molecule has 2 heterocycles. The van der Waals surface area contributed by atoms with Crippen LogP contribution in [-0.2, 0) is 13.0 Å². The highest BCUT2D eigenvalue weighted by atomic mass is 79.9. The monoisotopic (exact) mass is 351 g/mol. The minimum absolute atomic E-state index is 0.0547. The van der Waals surface area contributed by atoms with Gasteiger partial charge in [-0.05, 0) is 34.7 Å². The second-order valence-electron chi connectivity index (χ2n) is 5.41. The van der Waals surface area contributed by atoms with Crippen LogP contribution in [0.15, 0.2) is 28.0 Å². The van der Waals surface area contributed by atoms with Crippen LogP contribution in [0.4, 0.5) is 5.69 Å². The molecule has 0 saturated heterocycles. The molecule has 0 amide bonds. The van der Waals surface area contributed by atoms with Gasteiger partial charge in [-0.2, -0.15) is 5.10 Å². The molecule has 2 aromatic rings. The number of H-pyrrole nitrogens is 1. The summed E-state index contributed by atoms with van der Waals surface area (Å²) in [6, 6.07) is 0. The fourth-order valence-corrected chi connectivity index (χ4v) is 2.82. The Bertz CT molecular complexity index is 648. The van der Waals surface area contributed by atoms with Gasteiger partial charge in [0.1, 0.15) is 5.69 Å². The quantitative estimate of drug-likeness (QED) is 0.836. The molecule has 3 rings (SSSR count). The zero-order valence-electron chi connectivity index (χ0n) is 11.7. The highest BCUT2D eigenvalue weighted by molar-refractivity contribution is 9.10. The standard InChI is InChI=1S/C14H18BrN5O/c15-12-7-19-20(8-10-2-1-3-10)14(21)13(12)17-5-4-11-6-16-9-18-11/h6-7,9-10,17H,1-5,8H2,(H,16,18). The van der Waals surface area contributed by atoms with E-state index in [9.17, 15) is 4.79 Å². The SMILES string of the molecule is O=c1c(NCCc2cnc[nH]2)c(Br)cnn1CC1CCC1. The molecule has 112 valence electrons. The number of hydrogen-bond donors (Lipinski definition) is 2. The van der Waals surface area contributed by atoms with E-state index in [-0.39, 0.29) is 5.56 Å². The molecule has 0 aliphatic heterocycles. The normalized spacial score (nSPS) is 14.9. The largest absolute Gasteiger partial charge is 0.379 e. The van der Waals surface area contributed by atoms with Gasteiger partial charge >= 0.3 is 0 Å². The first-order chi connectivity index (χ1) is 10.2. The summed E-state index contributed by atoms with van der Waals surface area (Å²) in [4.78, 5) is 19.5. The van der Waals surface area contributed by atoms with Gasteiger partial charge in [0.05, 0.1) is 17.0 Å². The number of halogens is 1. The maximum absolute atomic E-state index is 12.4. The van der Waals surface area contributed by atoms with Crippen LogP contribution in [0.5, 0.6) is 0 Å². The molecule has 0 radical (unpaired) electrons. The predicted octanol–water partition coefficient (Wildman–Crippen LogP) is 2.18. The number of anilines is 1. The molecule has 7 heteroatoms. The Morgan fingerprint density at radius 1 is 1.43 bits per heavy atom. The number of imidazole rings is 1. The lowest BCUT2D eigenvalue weighted by molar-refractivity contribution is 0.262. The number of hydrogen-bond acceptors (Lipinski definition) is 4. The molecule has 0 unspecified atom stereocenters. The molecule has 1 saturated carbocycles. The molecule has 21 heavy (non-hydrogen) atoms. The Kier molecular flexibility index (Phi) is 4.38. The Morgan fingerprint density at radius 2 is 2.29 bits per heavy atom.